The van der Waals surface area contributed by atoms with Crippen LogP contribution in [-0.4, -0.2) is 35.0 Å². The van der Waals surface area contributed by atoms with E-state index in [0.29, 0.717) is 6.42 Å². The first-order chi connectivity index (χ1) is 12.1. The number of carbonyl (C=O) groups is 1. The van der Waals surface area contributed by atoms with Crippen molar-refractivity contribution >= 4 is 5.97 Å². The summed E-state index contributed by atoms with van der Waals surface area (Å²) in [5, 5.41) is 18.9. The third kappa shape index (κ3) is 19.3. The molecule has 0 amide bonds. The van der Waals surface area contributed by atoms with Crippen LogP contribution in [0.3, 0.4) is 0 Å². The van der Waals surface area contributed by atoms with Gasteiger partial charge in [0.2, 0.25) is 0 Å². The number of rotatable bonds is 17. The van der Waals surface area contributed by atoms with Gasteiger partial charge in [-0.3, -0.25) is 4.79 Å². The minimum atomic E-state index is -0.584. The van der Waals surface area contributed by atoms with E-state index in [1.54, 1.807) is 6.92 Å². The number of unbranched alkanes of at least 4 members (excludes halogenated alkanes) is 8. The molecule has 0 aromatic heterocycles. The lowest BCUT2D eigenvalue weighted by Crippen LogP contribution is -2.14. The molecule has 0 aliphatic carbocycles. The summed E-state index contributed by atoms with van der Waals surface area (Å²) in [6.07, 6.45) is 17.0. The molecule has 0 aliphatic heterocycles. The Hall–Kier alpha value is -0.870. The summed E-state index contributed by atoms with van der Waals surface area (Å²) < 4.78 is 4.91. The molecular weight excluding hydrogens is 316 g/mol. The Balaban J connectivity index is 3.33. The summed E-state index contributed by atoms with van der Waals surface area (Å²) in [5.74, 6) is -0.211. The molecule has 0 fully saturated rings. The van der Waals surface area contributed by atoms with Gasteiger partial charge in [-0.25, -0.2) is 0 Å². The second kappa shape index (κ2) is 17.9. The van der Waals surface area contributed by atoms with E-state index in [1.165, 1.54) is 25.7 Å². The largest absolute Gasteiger partial charge is 0.463 e. The van der Waals surface area contributed by atoms with Crippen LogP contribution in [0.15, 0.2) is 12.2 Å². The first-order valence-corrected chi connectivity index (χ1v) is 10.2. The lowest BCUT2D eigenvalue weighted by molar-refractivity contribution is -0.146. The van der Waals surface area contributed by atoms with Crippen molar-refractivity contribution in [2.24, 2.45) is 0 Å². The van der Waals surface area contributed by atoms with E-state index in [-0.39, 0.29) is 18.7 Å². The Kier molecular flexibility index (Phi) is 17.3. The van der Waals surface area contributed by atoms with Crippen molar-refractivity contribution in [1.29, 1.82) is 0 Å². The van der Waals surface area contributed by atoms with Crippen LogP contribution >= 0.6 is 0 Å². The van der Waals surface area contributed by atoms with Gasteiger partial charge in [-0.1, -0.05) is 64.0 Å². The summed E-state index contributed by atoms with van der Waals surface area (Å²) in [4.78, 5) is 11.3. The Morgan fingerprint density at radius 3 is 2.36 bits per heavy atom. The van der Waals surface area contributed by atoms with E-state index in [9.17, 15) is 9.90 Å². The fraction of sp³-hybridized carbons (Fsp3) is 0.857. The molecule has 2 atom stereocenters. The second-order valence-electron chi connectivity index (χ2n) is 7.05. The number of carbonyl (C=O) groups excluding carboxylic acids is 1. The average molecular weight is 357 g/mol. The summed E-state index contributed by atoms with van der Waals surface area (Å²) in [6.45, 7) is 3.90. The van der Waals surface area contributed by atoms with Crippen molar-refractivity contribution in [1.82, 2.24) is 0 Å². The van der Waals surface area contributed by atoms with Crippen molar-refractivity contribution in [3.05, 3.63) is 12.2 Å². The topological polar surface area (TPSA) is 66.8 Å². The number of esters is 1. The highest BCUT2D eigenvalue weighted by Gasteiger charge is 2.04. The van der Waals surface area contributed by atoms with E-state index in [4.69, 9.17) is 9.84 Å². The van der Waals surface area contributed by atoms with Crippen LogP contribution in [0.5, 0.6) is 0 Å². The Morgan fingerprint density at radius 1 is 0.960 bits per heavy atom. The van der Waals surface area contributed by atoms with Gasteiger partial charge in [0.1, 0.15) is 6.61 Å². The third-order valence-corrected chi connectivity index (χ3v) is 4.20. The van der Waals surface area contributed by atoms with Crippen LogP contribution in [0.25, 0.3) is 0 Å². The van der Waals surface area contributed by atoms with Crippen molar-refractivity contribution in [2.75, 3.05) is 6.61 Å². The lowest BCUT2D eigenvalue weighted by atomic mass is 10.1. The molecule has 0 bridgehead atoms. The predicted molar refractivity (Wildman–Crippen MR) is 103 cm³/mol. The molecule has 0 saturated heterocycles. The normalized spacial score (nSPS) is 13.9. The highest BCUT2D eigenvalue weighted by Crippen LogP contribution is 2.10. The molecule has 0 radical (unpaired) electrons. The molecule has 0 heterocycles. The number of aliphatic hydroxyl groups excluding tert-OH is 2. The van der Waals surface area contributed by atoms with Crippen LogP contribution in [0.1, 0.15) is 97.3 Å². The van der Waals surface area contributed by atoms with Gasteiger partial charge in [-0.2, -0.15) is 0 Å². The molecule has 0 saturated carbocycles. The van der Waals surface area contributed by atoms with Crippen LogP contribution in [0, 0.1) is 0 Å². The van der Waals surface area contributed by atoms with Crippen molar-refractivity contribution < 1.29 is 19.7 Å². The summed E-state index contributed by atoms with van der Waals surface area (Å²) in [6, 6.07) is 0. The highest BCUT2D eigenvalue weighted by molar-refractivity contribution is 5.69. The van der Waals surface area contributed by atoms with Gasteiger partial charge < -0.3 is 14.9 Å². The lowest BCUT2D eigenvalue weighted by Gasteiger charge is -2.07. The van der Waals surface area contributed by atoms with Gasteiger partial charge >= 0.3 is 5.97 Å². The van der Waals surface area contributed by atoms with Crippen molar-refractivity contribution in [2.45, 2.75) is 110 Å². The van der Waals surface area contributed by atoms with Crippen LogP contribution in [-0.2, 0) is 9.53 Å². The molecule has 0 unspecified atom stereocenters. The second-order valence-corrected chi connectivity index (χ2v) is 7.05. The van der Waals surface area contributed by atoms with Gasteiger partial charge in [0.15, 0.2) is 0 Å². The van der Waals surface area contributed by atoms with E-state index in [2.05, 4.69) is 19.1 Å². The zero-order chi connectivity index (χ0) is 18.8. The van der Waals surface area contributed by atoms with Crippen molar-refractivity contribution in [3.8, 4) is 0 Å². The minimum absolute atomic E-state index is 0.0958. The first-order valence-electron chi connectivity index (χ1n) is 10.2. The molecule has 0 aromatic carbocycles. The van der Waals surface area contributed by atoms with Gasteiger partial charge in [0.05, 0.1) is 12.2 Å². The van der Waals surface area contributed by atoms with Gasteiger partial charge in [-0.15, -0.1) is 0 Å². The average Bonchev–Trinajstić information content (AvgIpc) is 2.58. The molecule has 4 nitrogen and oxygen atoms in total. The molecule has 0 aromatic rings. The van der Waals surface area contributed by atoms with Crippen LogP contribution in [0.4, 0.5) is 0 Å². The number of hydrogen-bond acceptors (Lipinski definition) is 4. The molecule has 4 heteroatoms. The molecule has 0 aliphatic rings. The van der Waals surface area contributed by atoms with Crippen LogP contribution < -0.4 is 0 Å². The molecule has 25 heavy (non-hydrogen) atoms. The molecule has 148 valence electrons. The Labute approximate surface area is 154 Å². The van der Waals surface area contributed by atoms with Crippen LogP contribution in [0.2, 0.25) is 0 Å². The van der Waals surface area contributed by atoms with E-state index >= 15 is 0 Å². The van der Waals surface area contributed by atoms with Gasteiger partial charge in [0.25, 0.3) is 0 Å². The maximum absolute atomic E-state index is 11.3. The fourth-order valence-corrected chi connectivity index (χ4v) is 2.64. The first kappa shape index (κ1) is 24.1. The molecule has 2 N–H and O–H groups in total. The summed E-state index contributed by atoms with van der Waals surface area (Å²) in [5.41, 5.74) is 0. The third-order valence-electron chi connectivity index (χ3n) is 4.20. The standard InChI is InChI=1S/C21H40O4/c1-3-4-5-12-15-20(23)16-13-10-8-6-7-9-11-14-17-21(24)25-18-19(2)22/h10,13,19-20,22-23H,3-9,11-12,14-18H2,1-2H3/b13-10+/t19-,20-/m1/s1. The summed E-state index contributed by atoms with van der Waals surface area (Å²) >= 11 is 0. The van der Waals surface area contributed by atoms with Gasteiger partial charge in [0, 0.05) is 6.42 Å². The smallest absolute Gasteiger partial charge is 0.305 e. The monoisotopic (exact) mass is 356 g/mol. The predicted octanol–water partition coefficient (Wildman–Crippen LogP) is 4.92. The molecule has 0 rings (SSSR count). The Morgan fingerprint density at radius 2 is 1.64 bits per heavy atom. The van der Waals surface area contributed by atoms with E-state index in [1.807, 2.05) is 0 Å². The Bertz CT molecular complexity index is 326. The molecule has 0 spiro atoms. The summed E-state index contributed by atoms with van der Waals surface area (Å²) in [7, 11) is 0. The van der Waals surface area contributed by atoms with Crippen molar-refractivity contribution in [3.63, 3.8) is 0 Å². The van der Waals surface area contributed by atoms with Gasteiger partial charge in [-0.05, 0) is 39.0 Å². The quantitative estimate of drug-likeness (QED) is 0.220. The maximum Gasteiger partial charge on any atom is 0.305 e. The number of ether oxygens (including phenoxy) is 1. The SMILES string of the molecule is CCCCCC[C@@H](O)C/C=C/CCCCCCCC(=O)OC[C@@H](C)O. The minimum Gasteiger partial charge on any atom is -0.463 e. The van der Waals surface area contributed by atoms with E-state index < -0.39 is 6.10 Å². The fourth-order valence-electron chi connectivity index (χ4n) is 2.64. The number of allylic oxidation sites excluding steroid dienone is 1. The number of hydrogen-bond donors (Lipinski definition) is 2. The maximum atomic E-state index is 11.3. The zero-order valence-electron chi connectivity index (χ0n) is 16.4. The zero-order valence-corrected chi connectivity index (χ0v) is 16.4. The molecular formula is C21H40O4. The highest BCUT2D eigenvalue weighted by atomic mass is 16.5. The van der Waals surface area contributed by atoms with E-state index in [0.717, 1.165) is 51.4 Å². The number of aliphatic hydroxyl groups is 2.